The van der Waals surface area contributed by atoms with Gasteiger partial charge in [0.15, 0.2) is 5.76 Å². The number of carbonyl (C=O) groups is 1. The van der Waals surface area contributed by atoms with E-state index in [-0.39, 0.29) is 5.91 Å². The number of amides is 1. The van der Waals surface area contributed by atoms with Gasteiger partial charge in [-0.2, -0.15) is 5.10 Å². The second-order valence-corrected chi connectivity index (χ2v) is 8.41. The van der Waals surface area contributed by atoms with Crippen LogP contribution in [0, 0.1) is 0 Å². The highest BCUT2D eigenvalue weighted by Crippen LogP contribution is 2.23. The Balaban J connectivity index is 1.19. The summed E-state index contributed by atoms with van der Waals surface area (Å²) in [5, 5.41) is 4.68. The predicted octanol–water partition coefficient (Wildman–Crippen LogP) is 3.74. The molecule has 1 aliphatic heterocycles. The summed E-state index contributed by atoms with van der Waals surface area (Å²) in [5.74, 6) is 0.613. The van der Waals surface area contributed by atoms with Crippen molar-refractivity contribution in [1.29, 1.82) is 0 Å². The second kappa shape index (κ2) is 8.64. The van der Waals surface area contributed by atoms with Crippen molar-refractivity contribution in [2.75, 3.05) is 26.2 Å². The first-order valence-corrected chi connectivity index (χ1v) is 11.4. The van der Waals surface area contributed by atoms with Crippen LogP contribution < -0.4 is 0 Å². The fraction of sp³-hybridized carbons (Fsp3) is 0.192. The fourth-order valence-corrected chi connectivity index (χ4v) is 4.41. The summed E-state index contributed by atoms with van der Waals surface area (Å²) in [6.07, 6.45) is 5.69. The van der Waals surface area contributed by atoms with Crippen LogP contribution in [0.4, 0.5) is 0 Å². The highest BCUT2D eigenvalue weighted by molar-refractivity contribution is 5.94. The van der Waals surface area contributed by atoms with Crippen LogP contribution in [0.2, 0.25) is 0 Å². The summed E-state index contributed by atoms with van der Waals surface area (Å²) >= 11 is 0. The van der Waals surface area contributed by atoms with E-state index in [2.05, 4.69) is 16.2 Å². The molecule has 0 aliphatic carbocycles. The van der Waals surface area contributed by atoms with E-state index >= 15 is 0 Å². The van der Waals surface area contributed by atoms with E-state index in [0.29, 0.717) is 30.2 Å². The monoisotopic (exact) mass is 452 g/mol. The van der Waals surface area contributed by atoms with Crippen LogP contribution in [0.1, 0.15) is 16.2 Å². The predicted molar refractivity (Wildman–Crippen MR) is 128 cm³/mol. The van der Waals surface area contributed by atoms with Crippen molar-refractivity contribution in [3.05, 3.63) is 96.8 Å². The van der Waals surface area contributed by atoms with E-state index in [1.165, 1.54) is 0 Å². The molecule has 0 saturated carbocycles. The summed E-state index contributed by atoms with van der Waals surface area (Å²) in [5.41, 5.74) is 4.01. The van der Waals surface area contributed by atoms with E-state index in [9.17, 15) is 4.79 Å². The number of benzene rings is 1. The Labute approximate surface area is 196 Å². The Morgan fingerprint density at radius 2 is 1.76 bits per heavy atom. The molecule has 0 unspecified atom stereocenters. The average molecular weight is 453 g/mol. The Morgan fingerprint density at radius 3 is 2.53 bits per heavy atom. The zero-order chi connectivity index (χ0) is 22.9. The van der Waals surface area contributed by atoms with E-state index in [1.54, 1.807) is 10.9 Å². The van der Waals surface area contributed by atoms with Crippen molar-refractivity contribution < 1.29 is 9.21 Å². The van der Waals surface area contributed by atoms with Crippen molar-refractivity contribution in [3.63, 3.8) is 0 Å². The number of rotatable bonds is 5. The van der Waals surface area contributed by atoms with Gasteiger partial charge in [0, 0.05) is 51.2 Å². The van der Waals surface area contributed by atoms with Gasteiger partial charge >= 0.3 is 0 Å². The Kier molecular flexibility index (Phi) is 5.20. The molecule has 8 nitrogen and oxygen atoms in total. The quantitative estimate of drug-likeness (QED) is 0.406. The number of piperazine rings is 1. The Hall–Kier alpha value is -4.17. The van der Waals surface area contributed by atoms with Gasteiger partial charge in [-0.15, -0.1) is 0 Å². The average Bonchev–Trinajstić information content (AvgIpc) is 3.64. The van der Waals surface area contributed by atoms with E-state index < -0.39 is 0 Å². The van der Waals surface area contributed by atoms with E-state index in [1.807, 2.05) is 82.2 Å². The maximum Gasteiger partial charge on any atom is 0.272 e. The summed E-state index contributed by atoms with van der Waals surface area (Å²) in [7, 11) is 0. The third-order valence-electron chi connectivity index (χ3n) is 6.16. The normalized spacial score (nSPS) is 14.6. The van der Waals surface area contributed by atoms with Crippen LogP contribution in [0.5, 0.6) is 0 Å². The second-order valence-electron chi connectivity index (χ2n) is 8.41. The number of pyridine rings is 1. The number of nitrogens with zero attached hydrogens (tertiary/aromatic N) is 6. The van der Waals surface area contributed by atoms with Gasteiger partial charge in [-0.25, -0.2) is 9.67 Å². The molecule has 5 heterocycles. The van der Waals surface area contributed by atoms with E-state index in [0.717, 1.165) is 36.7 Å². The molecule has 5 aromatic rings. The van der Waals surface area contributed by atoms with Gasteiger partial charge in [-0.05, 0) is 36.4 Å². The number of fused-ring (bicyclic) bond motifs is 1. The zero-order valence-corrected chi connectivity index (χ0v) is 18.6. The van der Waals surface area contributed by atoms with Gasteiger partial charge < -0.3 is 13.7 Å². The minimum Gasteiger partial charge on any atom is -0.463 e. The molecule has 34 heavy (non-hydrogen) atoms. The number of aromatic nitrogens is 4. The summed E-state index contributed by atoms with van der Waals surface area (Å²) < 4.78 is 9.28. The van der Waals surface area contributed by atoms with Gasteiger partial charge in [0.1, 0.15) is 17.0 Å². The topological polar surface area (TPSA) is 71.8 Å². The van der Waals surface area contributed by atoms with Gasteiger partial charge in [0.2, 0.25) is 0 Å². The number of hydrogen-bond donors (Lipinski definition) is 0. The molecule has 1 amide bonds. The van der Waals surface area contributed by atoms with Crippen LogP contribution in [0.3, 0.4) is 0 Å². The van der Waals surface area contributed by atoms with Crippen molar-refractivity contribution in [1.82, 2.24) is 29.0 Å². The number of para-hydroxylation sites is 1. The maximum absolute atomic E-state index is 13.6. The molecule has 170 valence electrons. The third kappa shape index (κ3) is 3.88. The third-order valence-corrected chi connectivity index (χ3v) is 6.16. The maximum atomic E-state index is 13.6. The molecule has 0 N–H and O–H groups in total. The number of carbonyl (C=O) groups excluding carboxylic acids is 1. The lowest BCUT2D eigenvalue weighted by Crippen LogP contribution is -2.48. The van der Waals surface area contributed by atoms with Crippen LogP contribution in [-0.4, -0.2) is 61.1 Å². The Bertz CT molecular complexity index is 1380. The van der Waals surface area contributed by atoms with Crippen LogP contribution in [-0.2, 0) is 6.54 Å². The molecule has 1 aromatic carbocycles. The SMILES string of the molecule is O=C(c1cc(-c2ccco2)nn1-c1ccccc1)N1CCN(Cc2cn3ccccc3n2)CC1. The standard InChI is InChI=1S/C26H24N6O2/c33-26(23-17-22(24-9-6-16-34-24)28-32(23)21-7-2-1-3-8-21)30-14-12-29(13-15-30)18-20-19-31-11-5-4-10-25(31)27-20/h1-11,16-17,19H,12-15,18H2. The molecular weight excluding hydrogens is 428 g/mol. The number of hydrogen-bond acceptors (Lipinski definition) is 5. The summed E-state index contributed by atoms with van der Waals surface area (Å²) in [6, 6.07) is 21.2. The molecule has 8 heteroatoms. The van der Waals surface area contributed by atoms with Crippen LogP contribution in [0.15, 0.2) is 89.8 Å². The Morgan fingerprint density at radius 1 is 0.941 bits per heavy atom. The lowest BCUT2D eigenvalue weighted by atomic mass is 10.2. The van der Waals surface area contributed by atoms with Crippen molar-refractivity contribution in [2.24, 2.45) is 0 Å². The number of furan rings is 1. The minimum absolute atomic E-state index is 0.0264. The smallest absolute Gasteiger partial charge is 0.272 e. The molecule has 0 spiro atoms. The molecular formula is C26H24N6O2. The largest absolute Gasteiger partial charge is 0.463 e. The lowest BCUT2D eigenvalue weighted by Gasteiger charge is -2.34. The minimum atomic E-state index is -0.0264. The number of imidazole rings is 1. The van der Waals surface area contributed by atoms with Gasteiger partial charge in [-0.3, -0.25) is 9.69 Å². The van der Waals surface area contributed by atoms with Crippen LogP contribution >= 0.6 is 0 Å². The molecule has 0 radical (unpaired) electrons. The van der Waals surface area contributed by atoms with Gasteiger partial charge in [0.25, 0.3) is 5.91 Å². The molecule has 0 atom stereocenters. The van der Waals surface area contributed by atoms with Crippen LogP contribution in [0.25, 0.3) is 22.8 Å². The van der Waals surface area contributed by atoms with Crippen molar-refractivity contribution in [3.8, 4) is 17.1 Å². The molecule has 0 bridgehead atoms. The lowest BCUT2D eigenvalue weighted by molar-refractivity contribution is 0.0618. The summed E-state index contributed by atoms with van der Waals surface area (Å²) in [6.45, 7) is 3.67. The zero-order valence-electron chi connectivity index (χ0n) is 18.6. The first-order chi connectivity index (χ1) is 16.7. The molecule has 4 aromatic heterocycles. The highest BCUT2D eigenvalue weighted by atomic mass is 16.3. The fourth-order valence-electron chi connectivity index (χ4n) is 4.41. The van der Waals surface area contributed by atoms with Gasteiger partial charge in [0.05, 0.1) is 17.6 Å². The van der Waals surface area contributed by atoms with E-state index in [4.69, 9.17) is 9.40 Å². The van der Waals surface area contributed by atoms with Crippen molar-refractivity contribution >= 4 is 11.6 Å². The molecule has 6 rings (SSSR count). The van der Waals surface area contributed by atoms with Gasteiger partial charge in [-0.1, -0.05) is 24.3 Å². The highest BCUT2D eigenvalue weighted by Gasteiger charge is 2.27. The first kappa shape index (κ1) is 20.4. The van der Waals surface area contributed by atoms with Crippen molar-refractivity contribution in [2.45, 2.75) is 6.54 Å². The first-order valence-electron chi connectivity index (χ1n) is 11.4. The molecule has 1 fully saturated rings. The molecule has 1 aliphatic rings. The molecule has 1 saturated heterocycles. The summed E-state index contributed by atoms with van der Waals surface area (Å²) in [4.78, 5) is 22.5.